The number of aryl methyl sites for hydroxylation is 2. The summed E-state index contributed by atoms with van der Waals surface area (Å²) in [6, 6.07) is 9.30. The third-order valence-electron chi connectivity index (χ3n) is 3.37. The molecule has 1 heterocycles. The topological polar surface area (TPSA) is 24.9 Å². The third kappa shape index (κ3) is 3.90. The van der Waals surface area contributed by atoms with E-state index in [2.05, 4.69) is 55.3 Å². The van der Waals surface area contributed by atoms with Gasteiger partial charge in [-0.3, -0.25) is 0 Å². The second-order valence-electron chi connectivity index (χ2n) is 5.16. The minimum Gasteiger partial charge on any atom is -0.306 e. The molecule has 2 rings (SSSR count). The maximum Gasteiger partial charge on any atom is 0.0897 e. The molecule has 3 heteroatoms. The molecule has 1 N–H and O–H groups in total. The van der Waals surface area contributed by atoms with Gasteiger partial charge in [-0.15, -0.1) is 11.3 Å². The first kappa shape index (κ1) is 15.2. The molecule has 0 aliphatic heterocycles. The van der Waals surface area contributed by atoms with Crippen molar-refractivity contribution >= 4 is 11.3 Å². The summed E-state index contributed by atoms with van der Waals surface area (Å²) in [4.78, 5) is 5.70. The highest BCUT2D eigenvalue weighted by Crippen LogP contribution is 2.27. The van der Waals surface area contributed by atoms with Gasteiger partial charge >= 0.3 is 0 Å². The van der Waals surface area contributed by atoms with Crippen LogP contribution >= 0.6 is 11.3 Å². The lowest BCUT2D eigenvalue weighted by atomic mass is 10.0. The quantitative estimate of drug-likeness (QED) is 0.812. The van der Waals surface area contributed by atoms with Gasteiger partial charge in [-0.1, -0.05) is 44.5 Å². The molecular weight excluding hydrogens is 264 g/mol. The average molecular weight is 288 g/mol. The number of rotatable bonds is 7. The monoisotopic (exact) mass is 288 g/mol. The Bertz CT molecular complexity index is 516. The smallest absolute Gasteiger partial charge is 0.0897 e. The van der Waals surface area contributed by atoms with Crippen molar-refractivity contribution in [2.75, 3.05) is 6.54 Å². The Balaban J connectivity index is 2.21. The van der Waals surface area contributed by atoms with Gasteiger partial charge < -0.3 is 5.32 Å². The molecule has 0 amide bonds. The summed E-state index contributed by atoms with van der Waals surface area (Å²) < 4.78 is 0. The van der Waals surface area contributed by atoms with E-state index < -0.39 is 0 Å². The lowest BCUT2D eigenvalue weighted by Gasteiger charge is -2.17. The molecule has 0 fully saturated rings. The van der Waals surface area contributed by atoms with Gasteiger partial charge in [0.25, 0.3) is 0 Å². The summed E-state index contributed by atoms with van der Waals surface area (Å²) in [5, 5.41) is 4.77. The first-order chi connectivity index (χ1) is 9.74. The van der Waals surface area contributed by atoms with Crippen molar-refractivity contribution in [1.29, 1.82) is 0 Å². The Morgan fingerprint density at radius 3 is 2.45 bits per heavy atom. The number of hydrogen-bond acceptors (Lipinski definition) is 3. The molecule has 1 aromatic carbocycles. The van der Waals surface area contributed by atoms with E-state index in [0.717, 1.165) is 24.4 Å². The van der Waals surface area contributed by atoms with Crippen LogP contribution in [0.4, 0.5) is 0 Å². The predicted molar refractivity (Wildman–Crippen MR) is 87.4 cm³/mol. The summed E-state index contributed by atoms with van der Waals surface area (Å²) in [5.41, 5.74) is 2.76. The van der Waals surface area contributed by atoms with Crippen molar-refractivity contribution in [3.8, 4) is 0 Å². The molecule has 0 bridgehead atoms. The van der Waals surface area contributed by atoms with E-state index in [1.807, 2.05) is 6.20 Å². The SMILES string of the molecule is CCCNC(c1ccc(CCC)cc1)c1cnc(C)s1. The van der Waals surface area contributed by atoms with E-state index in [1.165, 1.54) is 22.4 Å². The van der Waals surface area contributed by atoms with Gasteiger partial charge in [-0.05, 0) is 37.4 Å². The number of aromatic nitrogens is 1. The molecule has 0 radical (unpaired) electrons. The van der Waals surface area contributed by atoms with E-state index in [4.69, 9.17) is 0 Å². The fourth-order valence-corrected chi connectivity index (χ4v) is 3.24. The van der Waals surface area contributed by atoms with Crippen LogP contribution in [0.15, 0.2) is 30.5 Å². The van der Waals surface area contributed by atoms with Crippen LogP contribution in [0, 0.1) is 6.92 Å². The van der Waals surface area contributed by atoms with Crippen molar-refractivity contribution in [2.24, 2.45) is 0 Å². The van der Waals surface area contributed by atoms with Gasteiger partial charge in [0.2, 0.25) is 0 Å². The fourth-order valence-electron chi connectivity index (χ4n) is 2.35. The van der Waals surface area contributed by atoms with Crippen molar-refractivity contribution in [1.82, 2.24) is 10.3 Å². The van der Waals surface area contributed by atoms with Crippen LogP contribution in [0.3, 0.4) is 0 Å². The fraction of sp³-hybridized carbons (Fsp3) is 0.471. The summed E-state index contributed by atoms with van der Waals surface area (Å²) >= 11 is 1.78. The summed E-state index contributed by atoms with van der Waals surface area (Å²) in [5.74, 6) is 0. The highest BCUT2D eigenvalue weighted by Gasteiger charge is 2.15. The van der Waals surface area contributed by atoms with E-state index in [-0.39, 0.29) is 6.04 Å². The summed E-state index contributed by atoms with van der Waals surface area (Å²) in [6.45, 7) is 7.51. The maximum absolute atomic E-state index is 4.40. The summed E-state index contributed by atoms with van der Waals surface area (Å²) in [7, 11) is 0. The van der Waals surface area contributed by atoms with E-state index in [9.17, 15) is 0 Å². The number of hydrogen-bond donors (Lipinski definition) is 1. The minimum atomic E-state index is 0.275. The Morgan fingerprint density at radius 1 is 1.15 bits per heavy atom. The van der Waals surface area contributed by atoms with Gasteiger partial charge in [0.1, 0.15) is 0 Å². The molecule has 1 aromatic heterocycles. The van der Waals surface area contributed by atoms with Gasteiger partial charge in [0.05, 0.1) is 11.0 Å². The largest absolute Gasteiger partial charge is 0.306 e. The molecule has 0 aliphatic rings. The number of benzene rings is 1. The van der Waals surface area contributed by atoms with Gasteiger partial charge in [-0.2, -0.15) is 0 Å². The van der Waals surface area contributed by atoms with Crippen molar-refractivity contribution in [3.05, 3.63) is 51.5 Å². The van der Waals surface area contributed by atoms with E-state index in [1.54, 1.807) is 11.3 Å². The van der Waals surface area contributed by atoms with Gasteiger partial charge in [-0.25, -0.2) is 4.98 Å². The molecule has 2 nitrogen and oxygen atoms in total. The minimum absolute atomic E-state index is 0.275. The second kappa shape index (κ2) is 7.55. The molecule has 0 saturated carbocycles. The van der Waals surface area contributed by atoms with Crippen LogP contribution in [-0.2, 0) is 6.42 Å². The van der Waals surface area contributed by atoms with E-state index >= 15 is 0 Å². The van der Waals surface area contributed by atoms with Crippen LogP contribution in [-0.4, -0.2) is 11.5 Å². The van der Waals surface area contributed by atoms with Crippen LogP contribution in [0.25, 0.3) is 0 Å². The first-order valence-corrected chi connectivity index (χ1v) is 8.30. The highest BCUT2D eigenvalue weighted by molar-refractivity contribution is 7.11. The molecule has 1 unspecified atom stereocenters. The number of thiazole rings is 1. The first-order valence-electron chi connectivity index (χ1n) is 7.49. The normalized spacial score (nSPS) is 12.6. The molecular formula is C17H24N2S. The molecule has 1 atom stereocenters. The lowest BCUT2D eigenvalue weighted by Crippen LogP contribution is -2.22. The Morgan fingerprint density at radius 2 is 1.90 bits per heavy atom. The Hall–Kier alpha value is -1.19. The molecule has 0 spiro atoms. The van der Waals surface area contributed by atoms with Crippen molar-refractivity contribution in [3.63, 3.8) is 0 Å². The van der Waals surface area contributed by atoms with Gasteiger partial charge in [0.15, 0.2) is 0 Å². The molecule has 0 saturated heterocycles. The Kier molecular flexibility index (Phi) is 5.74. The highest BCUT2D eigenvalue weighted by atomic mass is 32.1. The maximum atomic E-state index is 4.40. The van der Waals surface area contributed by atoms with Gasteiger partial charge in [0, 0.05) is 11.1 Å². The molecule has 108 valence electrons. The van der Waals surface area contributed by atoms with E-state index in [0.29, 0.717) is 0 Å². The van der Waals surface area contributed by atoms with Crippen LogP contribution < -0.4 is 5.32 Å². The van der Waals surface area contributed by atoms with Crippen molar-refractivity contribution < 1.29 is 0 Å². The Labute approximate surface area is 126 Å². The lowest BCUT2D eigenvalue weighted by molar-refractivity contribution is 0.605. The third-order valence-corrected chi connectivity index (χ3v) is 4.35. The molecule has 0 aliphatic carbocycles. The van der Waals surface area contributed by atoms with Crippen molar-refractivity contribution in [2.45, 2.75) is 46.1 Å². The standard InChI is InChI=1S/C17H24N2S/c1-4-6-14-7-9-15(10-8-14)17(18-11-5-2)16-12-19-13(3)20-16/h7-10,12,17-18H,4-6,11H2,1-3H3. The molecule has 2 aromatic rings. The van der Waals surface area contributed by atoms with Crippen LogP contribution in [0.5, 0.6) is 0 Å². The van der Waals surface area contributed by atoms with Crippen LogP contribution in [0.2, 0.25) is 0 Å². The number of nitrogens with one attached hydrogen (secondary N) is 1. The zero-order valence-electron chi connectivity index (χ0n) is 12.6. The molecule has 20 heavy (non-hydrogen) atoms. The zero-order valence-corrected chi connectivity index (χ0v) is 13.5. The second-order valence-corrected chi connectivity index (χ2v) is 6.43. The zero-order chi connectivity index (χ0) is 14.4. The van der Waals surface area contributed by atoms with Crippen LogP contribution in [0.1, 0.15) is 53.7 Å². The summed E-state index contributed by atoms with van der Waals surface area (Å²) in [6.07, 6.45) is 5.51. The average Bonchev–Trinajstić information content (AvgIpc) is 2.88. The predicted octanol–water partition coefficient (Wildman–Crippen LogP) is 4.49. The number of nitrogens with zero attached hydrogens (tertiary/aromatic N) is 1.